The Morgan fingerprint density at radius 2 is 1.57 bits per heavy atom. The monoisotopic (exact) mass is 299 g/mol. The molecule has 0 saturated carbocycles. The number of benzene rings is 2. The maximum Gasteiger partial charge on any atom is 0.341 e. The van der Waals surface area contributed by atoms with Gasteiger partial charge in [0.05, 0.1) is 11.3 Å². The van der Waals surface area contributed by atoms with Crippen LogP contribution in [-0.2, 0) is 11.3 Å². The van der Waals surface area contributed by atoms with Crippen molar-refractivity contribution in [2.45, 2.75) is 6.61 Å². The lowest BCUT2D eigenvalue weighted by atomic mass is 10.2. The second-order valence-electron chi connectivity index (χ2n) is 4.21. The van der Waals surface area contributed by atoms with Crippen molar-refractivity contribution >= 4 is 11.7 Å². The van der Waals surface area contributed by atoms with Gasteiger partial charge in [0.2, 0.25) is 0 Å². The van der Waals surface area contributed by atoms with Crippen LogP contribution in [0.2, 0.25) is 0 Å². The van der Waals surface area contributed by atoms with Crippen LogP contribution in [0, 0.1) is 23.3 Å². The molecule has 0 fully saturated rings. The van der Waals surface area contributed by atoms with Gasteiger partial charge >= 0.3 is 5.97 Å². The Balaban J connectivity index is 2.13. The summed E-state index contributed by atoms with van der Waals surface area (Å²) >= 11 is 0. The molecule has 0 unspecified atom stereocenters. The van der Waals surface area contributed by atoms with Crippen molar-refractivity contribution in [2.75, 3.05) is 5.73 Å². The number of nitrogen functional groups attached to an aromatic ring is 1. The third-order valence-corrected chi connectivity index (χ3v) is 2.60. The van der Waals surface area contributed by atoms with Gasteiger partial charge in [-0.2, -0.15) is 0 Å². The molecule has 0 atom stereocenters. The Morgan fingerprint density at radius 3 is 2.19 bits per heavy atom. The average molecular weight is 299 g/mol. The first-order chi connectivity index (χ1) is 9.86. The number of carbonyl (C=O) groups is 1. The van der Waals surface area contributed by atoms with E-state index in [9.17, 15) is 22.4 Å². The van der Waals surface area contributed by atoms with Crippen molar-refractivity contribution in [1.29, 1.82) is 0 Å². The lowest BCUT2D eigenvalue weighted by Crippen LogP contribution is -2.09. The number of hydrogen-bond donors (Lipinski definition) is 1. The summed E-state index contributed by atoms with van der Waals surface area (Å²) in [6.07, 6.45) is 0. The molecular weight excluding hydrogens is 290 g/mol. The number of halogens is 4. The molecule has 2 aromatic carbocycles. The summed E-state index contributed by atoms with van der Waals surface area (Å²) in [5.41, 5.74) is 4.30. The topological polar surface area (TPSA) is 52.3 Å². The summed E-state index contributed by atoms with van der Waals surface area (Å²) in [7, 11) is 0. The quantitative estimate of drug-likeness (QED) is 0.538. The van der Waals surface area contributed by atoms with Gasteiger partial charge in [-0.15, -0.1) is 0 Å². The third-order valence-electron chi connectivity index (χ3n) is 2.60. The van der Waals surface area contributed by atoms with Gasteiger partial charge in [0.25, 0.3) is 0 Å². The Hall–Kier alpha value is -2.57. The van der Waals surface area contributed by atoms with Crippen LogP contribution in [0.5, 0.6) is 0 Å². The molecule has 2 rings (SSSR count). The van der Waals surface area contributed by atoms with Gasteiger partial charge in [0.1, 0.15) is 29.9 Å². The van der Waals surface area contributed by atoms with E-state index in [1.54, 1.807) is 0 Å². The van der Waals surface area contributed by atoms with E-state index in [0.717, 1.165) is 18.2 Å². The summed E-state index contributed by atoms with van der Waals surface area (Å²) in [6.45, 7) is -0.468. The molecule has 3 nitrogen and oxygen atoms in total. The zero-order valence-corrected chi connectivity index (χ0v) is 10.5. The van der Waals surface area contributed by atoms with Gasteiger partial charge in [-0.05, 0) is 23.8 Å². The summed E-state index contributed by atoms with van der Waals surface area (Å²) in [5.74, 6) is -4.94. The smallest absolute Gasteiger partial charge is 0.341 e. The number of ether oxygens (including phenoxy) is 1. The summed E-state index contributed by atoms with van der Waals surface area (Å²) in [4.78, 5) is 11.6. The fraction of sp³-hybridized carbons (Fsp3) is 0.0714. The molecule has 0 radical (unpaired) electrons. The predicted octanol–water partition coefficient (Wildman–Crippen LogP) is 3.18. The van der Waals surface area contributed by atoms with E-state index in [1.165, 1.54) is 0 Å². The van der Waals surface area contributed by atoms with Crippen LogP contribution in [0.15, 0.2) is 30.3 Å². The predicted molar refractivity (Wildman–Crippen MR) is 66.2 cm³/mol. The summed E-state index contributed by atoms with van der Waals surface area (Å²) in [5, 5.41) is 0. The molecule has 2 aromatic rings. The summed E-state index contributed by atoms with van der Waals surface area (Å²) < 4.78 is 57.0. The molecule has 0 spiro atoms. The minimum absolute atomic E-state index is 0.0522. The van der Waals surface area contributed by atoms with Crippen LogP contribution >= 0.6 is 0 Å². The Bertz CT molecular complexity index is 683. The van der Waals surface area contributed by atoms with Crippen LogP contribution in [0.25, 0.3) is 0 Å². The molecule has 0 aliphatic carbocycles. The molecule has 110 valence electrons. The van der Waals surface area contributed by atoms with E-state index in [1.807, 2.05) is 0 Å². The second kappa shape index (κ2) is 5.82. The van der Waals surface area contributed by atoms with Crippen molar-refractivity contribution in [3.8, 4) is 0 Å². The largest absolute Gasteiger partial charge is 0.457 e. The van der Waals surface area contributed by atoms with E-state index >= 15 is 0 Å². The molecule has 0 amide bonds. The number of anilines is 1. The van der Waals surface area contributed by atoms with Crippen molar-refractivity contribution in [1.82, 2.24) is 0 Å². The highest BCUT2D eigenvalue weighted by atomic mass is 19.1. The first-order valence-corrected chi connectivity index (χ1v) is 5.73. The normalized spacial score (nSPS) is 10.5. The van der Waals surface area contributed by atoms with Crippen LogP contribution in [-0.4, -0.2) is 5.97 Å². The number of carbonyl (C=O) groups excluding carboxylic acids is 1. The highest BCUT2D eigenvalue weighted by molar-refractivity contribution is 5.90. The Morgan fingerprint density at radius 1 is 0.952 bits per heavy atom. The maximum atomic E-state index is 13.4. The van der Waals surface area contributed by atoms with Gasteiger partial charge in [-0.3, -0.25) is 0 Å². The van der Waals surface area contributed by atoms with Crippen LogP contribution in [0.4, 0.5) is 23.2 Å². The second-order valence-corrected chi connectivity index (χ2v) is 4.21. The average Bonchev–Trinajstić information content (AvgIpc) is 2.39. The Kier molecular flexibility index (Phi) is 4.11. The van der Waals surface area contributed by atoms with Crippen molar-refractivity contribution in [3.63, 3.8) is 0 Å². The zero-order chi connectivity index (χ0) is 15.6. The standard InChI is InChI=1S/C14H9F4NO2/c15-8-1-7(2-9(16)3-8)6-21-14(20)10-4-13(19)12(18)5-11(10)17/h1-5H,6,19H2. The molecule has 2 N–H and O–H groups in total. The lowest BCUT2D eigenvalue weighted by Gasteiger charge is -2.07. The minimum atomic E-state index is -1.14. The number of esters is 1. The number of rotatable bonds is 3. The molecule has 0 aromatic heterocycles. The molecule has 0 bridgehead atoms. The van der Waals surface area contributed by atoms with Gasteiger partial charge < -0.3 is 10.5 Å². The van der Waals surface area contributed by atoms with E-state index in [2.05, 4.69) is 0 Å². The van der Waals surface area contributed by atoms with Gasteiger partial charge in [0.15, 0.2) is 0 Å². The number of nitrogens with two attached hydrogens (primary N) is 1. The Labute approximate surface area is 116 Å². The minimum Gasteiger partial charge on any atom is -0.457 e. The van der Waals surface area contributed by atoms with Crippen molar-refractivity contribution in [2.24, 2.45) is 0 Å². The fourth-order valence-electron chi connectivity index (χ4n) is 1.64. The molecule has 21 heavy (non-hydrogen) atoms. The molecule has 0 aliphatic rings. The van der Waals surface area contributed by atoms with Crippen LogP contribution in [0.1, 0.15) is 15.9 Å². The van der Waals surface area contributed by atoms with Crippen molar-refractivity contribution in [3.05, 3.63) is 64.7 Å². The first kappa shape index (κ1) is 14.8. The lowest BCUT2D eigenvalue weighted by molar-refractivity contribution is 0.0466. The molecule has 0 saturated heterocycles. The molecule has 0 heterocycles. The maximum absolute atomic E-state index is 13.4. The summed E-state index contributed by atoms with van der Waals surface area (Å²) in [6, 6.07) is 3.83. The molecule has 0 aliphatic heterocycles. The van der Waals surface area contributed by atoms with E-state index < -0.39 is 47.1 Å². The van der Waals surface area contributed by atoms with Crippen LogP contribution in [0.3, 0.4) is 0 Å². The first-order valence-electron chi connectivity index (χ1n) is 5.73. The molecular formula is C14H9F4NO2. The third kappa shape index (κ3) is 3.50. The van der Waals surface area contributed by atoms with Gasteiger partial charge in [-0.1, -0.05) is 0 Å². The van der Waals surface area contributed by atoms with Crippen molar-refractivity contribution < 1.29 is 27.1 Å². The zero-order valence-electron chi connectivity index (χ0n) is 10.5. The van der Waals surface area contributed by atoms with Gasteiger partial charge in [-0.25, -0.2) is 22.4 Å². The van der Waals surface area contributed by atoms with E-state index in [4.69, 9.17) is 10.5 Å². The van der Waals surface area contributed by atoms with E-state index in [-0.39, 0.29) is 5.56 Å². The molecule has 7 heteroatoms. The highest BCUT2D eigenvalue weighted by Crippen LogP contribution is 2.18. The highest BCUT2D eigenvalue weighted by Gasteiger charge is 2.16. The fourth-order valence-corrected chi connectivity index (χ4v) is 1.64. The van der Waals surface area contributed by atoms with Crippen LogP contribution < -0.4 is 5.73 Å². The van der Waals surface area contributed by atoms with Gasteiger partial charge in [0, 0.05) is 12.1 Å². The number of hydrogen-bond acceptors (Lipinski definition) is 3. The van der Waals surface area contributed by atoms with E-state index in [0.29, 0.717) is 12.1 Å². The SMILES string of the molecule is Nc1cc(C(=O)OCc2cc(F)cc(F)c2)c(F)cc1F.